The quantitative estimate of drug-likeness (QED) is 0.156. The van der Waals surface area contributed by atoms with Crippen molar-refractivity contribution in [2.45, 2.75) is 9.79 Å². The third kappa shape index (κ3) is 3.36. The van der Waals surface area contributed by atoms with Crippen LogP contribution in [0.5, 0.6) is 0 Å². The first-order valence-electron chi connectivity index (χ1n) is 14.1. The van der Waals surface area contributed by atoms with E-state index in [-0.39, 0.29) is 0 Å². The van der Waals surface area contributed by atoms with Crippen LogP contribution >= 0.6 is 11.8 Å². The molecule has 1 heteroatoms. The summed E-state index contributed by atoms with van der Waals surface area (Å²) < 4.78 is 0. The van der Waals surface area contributed by atoms with Crippen molar-refractivity contribution >= 4 is 54.9 Å². The van der Waals surface area contributed by atoms with Gasteiger partial charge in [-0.1, -0.05) is 139 Å². The molecule has 9 rings (SSSR count). The maximum Gasteiger partial charge on any atom is 0.0207 e. The standard InChI is InChI=1S/C40H24S/c1-2-10-25(11-3-1)38-28-14-5-4-12-27(28)24-35-34(38)21-20-26-13-8-16-31(39(26)35)29-22-23-37-40-32(29)17-9-18-33(40)30-15-6-7-19-36(30)41-37/h1-24H. The van der Waals surface area contributed by atoms with Crippen molar-refractivity contribution in [2.75, 3.05) is 0 Å². The molecule has 1 aliphatic rings. The van der Waals surface area contributed by atoms with Crippen molar-refractivity contribution in [1.29, 1.82) is 0 Å². The van der Waals surface area contributed by atoms with Gasteiger partial charge < -0.3 is 0 Å². The third-order valence-electron chi connectivity index (χ3n) is 8.64. The van der Waals surface area contributed by atoms with Gasteiger partial charge in [-0.25, -0.2) is 0 Å². The van der Waals surface area contributed by atoms with E-state index in [1.54, 1.807) is 0 Å². The summed E-state index contributed by atoms with van der Waals surface area (Å²) >= 11 is 1.89. The lowest BCUT2D eigenvalue weighted by atomic mass is 9.86. The van der Waals surface area contributed by atoms with E-state index < -0.39 is 0 Å². The second-order valence-electron chi connectivity index (χ2n) is 10.8. The van der Waals surface area contributed by atoms with E-state index in [4.69, 9.17) is 0 Å². The number of hydrogen-bond acceptors (Lipinski definition) is 1. The fourth-order valence-corrected chi connectivity index (χ4v) is 8.01. The molecule has 190 valence electrons. The molecule has 0 aliphatic carbocycles. The lowest BCUT2D eigenvalue weighted by Gasteiger charge is -2.22. The SMILES string of the molecule is c1ccc(-c2c3ccccc3cc3c2ccc2cccc(-c4ccc5c6c(cccc46)-c4ccccc4S5)c23)cc1. The van der Waals surface area contributed by atoms with Crippen LogP contribution in [-0.4, -0.2) is 0 Å². The summed E-state index contributed by atoms with van der Waals surface area (Å²) in [5.41, 5.74) is 7.79. The molecule has 0 bridgehead atoms. The first kappa shape index (κ1) is 22.9. The Morgan fingerprint density at radius 2 is 1.05 bits per heavy atom. The molecule has 0 atom stereocenters. The molecule has 8 aromatic rings. The van der Waals surface area contributed by atoms with Gasteiger partial charge in [0.25, 0.3) is 0 Å². The predicted octanol–water partition coefficient (Wildman–Crippen LogP) is 11.8. The van der Waals surface area contributed by atoms with Crippen LogP contribution < -0.4 is 0 Å². The summed E-state index contributed by atoms with van der Waals surface area (Å²) in [7, 11) is 0. The minimum atomic E-state index is 1.25. The number of rotatable bonds is 2. The fraction of sp³-hybridized carbons (Fsp3) is 0. The van der Waals surface area contributed by atoms with Crippen LogP contribution in [0.15, 0.2) is 155 Å². The first-order valence-corrected chi connectivity index (χ1v) is 14.9. The zero-order chi connectivity index (χ0) is 26.9. The highest BCUT2D eigenvalue weighted by Crippen LogP contribution is 2.50. The van der Waals surface area contributed by atoms with Crippen LogP contribution in [0.25, 0.3) is 76.5 Å². The Hall–Kier alpha value is -4.85. The molecule has 0 amide bonds. The Bertz CT molecular complexity index is 2330. The van der Waals surface area contributed by atoms with Crippen LogP contribution in [-0.2, 0) is 0 Å². The van der Waals surface area contributed by atoms with Gasteiger partial charge in [-0.15, -0.1) is 0 Å². The molecular formula is C40H24S. The molecule has 0 saturated heterocycles. The van der Waals surface area contributed by atoms with Gasteiger partial charge >= 0.3 is 0 Å². The van der Waals surface area contributed by atoms with Gasteiger partial charge in [0.15, 0.2) is 0 Å². The molecule has 8 aromatic carbocycles. The van der Waals surface area contributed by atoms with Crippen molar-refractivity contribution in [3.8, 4) is 33.4 Å². The van der Waals surface area contributed by atoms with E-state index in [1.165, 1.54) is 86.3 Å². The molecule has 1 heterocycles. The number of benzene rings is 8. The Kier molecular flexibility index (Phi) is 4.93. The van der Waals surface area contributed by atoms with Crippen LogP contribution in [0.1, 0.15) is 0 Å². The highest BCUT2D eigenvalue weighted by molar-refractivity contribution is 7.99. The Balaban J connectivity index is 1.41. The maximum atomic E-state index is 2.40. The largest absolute Gasteiger partial charge is 0.0888 e. The van der Waals surface area contributed by atoms with Crippen molar-refractivity contribution in [3.05, 3.63) is 146 Å². The number of fused-ring (bicyclic) bond motifs is 6. The fourth-order valence-electron chi connectivity index (χ4n) is 6.88. The van der Waals surface area contributed by atoms with Crippen molar-refractivity contribution in [1.82, 2.24) is 0 Å². The van der Waals surface area contributed by atoms with E-state index >= 15 is 0 Å². The highest BCUT2D eigenvalue weighted by atomic mass is 32.2. The summed E-state index contributed by atoms with van der Waals surface area (Å²) in [5.74, 6) is 0. The zero-order valence-electron chi connectivity index (χ0n) is 22.3. The monoisotopic (exact) mass is 536 g/mol. The lowest BCUT2D eigenvalue weighted by molar-refractivity contribution is 1.40. The normalized spacial score (nSPS) is 12.3. The van der Waals surface area contributed by atoms with E-state index in [2.05, 4.69) is 146 Å². The van der Waals surface area contributed by atoms with Crippen LogP contribution in [0.4, 0.5) is 0 Å². The van der Waals surface area contributed by atoms with E-state index in [9.17, 15) is 0 Å². The second kappa shape index (κ2) is 8.83. The smallest absolute Gasteiger partial charge is 0.0207 e. The van der Waals surface area contributed by atoms with Crippen molar-refractivity contribution in [2.24, 2.45) is 0 Å². The van der Waals surface area contributed by atoms with Gasteiger partial charge in [-0.05, 0) is 89.3 Å². The number of hydrogen-bond donors (Lipinski definition) is 0. The van der Waals surface area contributed by atoms with E-state index in [1.807, 2.05) is 11.8 Å². The average molecular weight is 537 g/mol. The van der Waals surface area contributed by atoms with Gasteiger partial charge in [0.2, 0.25) is 0 Å². The Morgan fingerprint density at radius 1 is 0.341 bits per heavy atom. The predicted molar refractivity (Wildman–Crippen MR) is 177 cm³/mol. The lowest BCUT2D eigenvalue weighted by Crippen LogP contribution is -1.94. The second-order valence-corrected chi connectivity index (χ2v) is 11.9. The van der Waals surface area contributed by atoms with Crippen LogP contribution in [0, 0.1) is 0 Å². The van der Waals surface area contributed by atoms with Gasteiger partial charge in [0.05, 0.1) is 0 Å². The summed E-state index contributed by atoms with van der Waals surface area (Å²) in [5, 5.41) is 10.4. The van der Waals surface area contributed by atoms with E-state index in [0.29, 0.717) is 0 Å². The zero-order valence-corrected chi connectivity index (χ0v) is 23.1. The van der Waals surface area contributed by atoms with Crippen LogP contribution in [0.3, 0.4) is 0 Å². The summed E-state index contributed by atoms with van der Waals surface area (Å²) in [6.07, 6.45) is 0. The minimum Gasteiger partial charge on any atom is -0.0888 e. The molecule has 0 saturated carbocycles. The molecular weight excluding hydrogens is 513 g/mol. The molecule has 0 spiro atoms. The van der Waals surface area contributed by atoms with E-state index in [0.717, 1.165) is 0 Å². The summed E-state index contributed by atoms with van der Waals surface area (Å²) in [6, 6.07) is 53.7. The third-order valence-corrected chi connectivity index (χ3v) is 9.77. The highest BCUT2D eigenvalue weighted by Gasteiger charge is 2.21. The molecule has 0 unspecified atom stereocenters. The van der Waals surface area contributed by atoms with Crippen LogP contribution in [0.2, 0.25) is 0 Å². The molecule has 0 aromatic heterocycles. The summed E-state index contributed by atoms with van der Waals surface area (Å²) in [6.45, 7) is 0. The topological polar surface area (TPSA) is 0 Å². The van der Waals surface area contributed by atoms with Gasteiger partial charge in [-0.3, -0.25) is 0 Å². The average Bonchev–Trinajstić information content (AvgIpc) is 3.04. The maximum absolute atomic E-state index is 2.40. The molecule has 0 N–H and O–H groups in total. The first-order chi connectivity index (χ1) is 20.3. The molecule has 41 heavy (non-hydrogen) atoms. The van der Waals surface area contributed by atoms with Crippen molar-refractivity contribution < 1.29 is 0 Å². The Labute approximate surface area is 242 Å². The molecule has 0 nitrogen and oxygen atoms in total. The van der Waals surface area contributed by atoms with Gasteiger partial charge in [-0.2, -0.15) is 0 Å². The molecule has 1 aliphatic heterocycles. The Morgan fingerprint density at radius 3 is 1.98 bits per heavy atom. The van der Waals surface area contributed by atoms with Gasteiger partial charge in [0, 0.05) is 15.2 Å². The van der Waals surface area contributed by atoms with Crippen molar-refractivity contribution in [3.63, 3.8) is 0 Å². The summed E-state index contributed by atoms with van der Waals surface area (Å²) in [4.78, 5) is 2.66. The minimum absolute atomic E-state index is 1.25. The molecule has 0 radical (unpaired) electrons. The molecule has 0 fully saturated rings. The van der Waals surface area contributed by atoms with Gasteiger partial charge in [0.1, 0.15) is 0 Å².